The van der Waals surface area contributed by atoms with E-state index in [9.17, 15) is 19.5 Å². The van der Waals surface area contributed by atoms with E-state index in [-0.39, 0.29) is 24.3 Å². The Morgan fingerprint density at radius 2 is 1.76 bits per heavy atom. The topological polar surface area (TPSA) is 90.4 Å². The first-order valence-corrected chi connectivity index (χ1v) is 13.8. The van der Waals surface area contributed by atoms with E-state index in [4.69, 9.17) is 4.74 Å². The molecule has 1 N–H and O–H groups in total. The van der Waals surface area contributed by atoms with Gasteiger partial charge in [-0.2, -0.15) is 0 Å². The van der Waals surface area contributed by atoms with Gasteiger partial charge < -0.3 is 24.5 Å². The number of amides is 3. The van der Waals surface area contributed by atoms with Crippen LogP contribution in [0.5, 0.6) is 5.75 Å². The van der Waals surface area contributed by atoms with Crippen LogP contribution in [0.4, 0.5) is 5.69 Å². The predicted molar refractivity (Wildman–Crippen MR) is 143 cm³/mol. The van der Waals surface area contributed by atoms with Crippen LogP contribution in [0.25, 0.3) is 0 Å². The Morgan fingerprint density at radius 3 is 2.41 bits per heavy atom. The summed E-state index contributed by atoms with van der Waals surface area (Å²) in [4.78, 5) is 47.6. The van der Waals surface area contributed by atoms with Crippen LogP contribution in [0.2, 0.25) is 0 Å². The summed E-state index contributed by atoms with van der Waals surface area (Å²) in [6.45, 7) is 7.03. The van der Waals surface area contributed by atoms with Crippen molar-refractivity contribution in [2.75, 3.05) is 38.3 Å². The van der Waals surface area contributed by atoms with E-state index in [2.05, 4.69) is 6.08 Å². The van der Waals surface area contributed by atoms with E-state index in [1.54, 1.807) is 47.7 Å². The second-order valence-electron chi connectivity index (χ2n) is 10.5. The number of methoxy groups -OCH3 is 1. The Bertz CT molecular complexity index is 1150. The molecule has 0 radical (unpaired) electrons. The number of nitrogens with zero attached hydrogens (tertiary/aromatic N) is 3. The van der Waals surface area contributed by atoms with Gasteiger partial charge in [-0.3, -0.25) is 14.4 Å². The molecule has 9 heteroatoms. The molecule has 4 aliphatic heterocycles. The van der Waals surface area contributed by atoms with Crippen LogP contribution in [0.3, 0.4) is 0 Å². The molecule has 1 spiro atoms. The van der Waals surface area contributed by atoms with Gasteiger partial charge in [0.1, 0.15) is 11.8 Å². The first-order chi connectivity index (χ1) is 17.7. The number of thioether (sulfide) groups is 1. The lowest BCUT2D eigenvalue weighted by Crippen LogP contribution is -2.56. The third kappa shape index (κ3) is 3.81. The van der Waals surface area contributed by atoms with Crippen LogP contribution in [0, 0.1) is 11.8 Å². The van der Waals surface area contributed by atoms with Gasteiger partial charge in [0.05, 0.1) is 36.3 Å². The molecule has 0 saturated carbocycles. The molecule has 37 heavy (non-hydrogen) atoms. The number of hydrogen-bond donors (Lipinski definition) is 1. The summed E-state index contributed by atoms with van der Waals surface area (Å²) < 4.78 is 3.72. The Morgan fingerprint density at radius 1 is 1.05 bits per heavy atom. The highest BCUT2D eigenvalue weighted by Gasteiger charge is 2.74. The third-order valence-corrected chi connectivity index (χ3v) is 9.99. The molecule has 0 aromatic heterocycles. The van der Waals surface area contributed by atoms with E-state index >= 15 is 0 Å². The molecule has 4 aliphatic rings. The van der Waals surface area contributed by atoms with Crippen LogP contribution in [0.1, 0.15) is 27.2 Å². The smallest absolute Gasteiger partial charge is 0.251 e. The number of rotatable bonds is 6. The fraction of sp³-hybridized carbons (Fsp3) is 0.536. The number of fused-ring (bicyclic) bond motifs is 2. The molecular weight excluding hydrogens is 490 g/mol. The highest BCUT2D eigenvalue weighted by atomic mass is 32.2. The van der Waals surface area contributed by atoms with Crippen molar-refractivity contribution in [2.45, 2.75) is 48.8 Å². The minimum atomic E-state index is -0.923. The highest BCUT2D eigenvalue weighted by Crippen LogP contribution is 2.65. The zero-order valence-corrected chi connectivity index (χ0v) is 22.6. The summed E-state index contributed by atoms with van der Waals surface area (Å²) in [6, 6.07) is 5.86. The Hall–Kier alpha value is -2.78. The number of likely N-dealkylation sites (tertiary alicyclic amines) is 1. The van der Waals surface area contributed by atoms with E-state index < -0.39 is 33.4 Å². The Balaban J connectivity index is 1.63. The van der Waals surface area contributed by atoms with Gasteiger partial charge in [-0.05, 0) is 44.5 Å². The fourth-order valence-corrected chi connectivity index (χ4v) is 8.68. The van der Waals surface area contributed by atoms with Crippen molar-refractivity contribution < 1.29 is 24.2 Å². The lowest BCUT2D eigenvalue weighted by atomic mass is 9.74. The van der Waals surface area contributed by atoms with Gasteiger partial charge in [0.15, 0.2) is 0 Å². The maximum Gasteiger partial charge on any atom is 0.251 e. The number of carbonyl (C=O) groups is 3. The molecule has 198 valence electrons. The highest BCUT2D eigenvalue weighted by molar-refractivity contribution is 8.02. The Labute approximate surface area is 222 Å². The van der Waals surface area contributed by atoms with Crippen LogP contribution < -0.4 is 9.64 Å². The molecule has 2 fully saturated rings. The second-order valence-corrected chi connectivity index (χ2v) is 12.3. The van der Waals surface area contributed by atoms with Crippen LogP contribution in [-0.2, 0) is 14.4 Å². The first kappa shape index (κ1) is 25.9. The van der Waals surface area contributed by atoms with Crippen molar-refractivity contribution >= 4 is 35.2 Å². The molecule has 1 unspecified atom stereocenters. The minimum absolute atomic E-state index is 0.0357. The lowest BCUT2D eigenvalue weighted by molar-refractivity contribution is -0.145. The summed E-state index contributed by atoms with van der Waals surface area (Å²) in [5.74, 6) is -1.09. The third-order valence-electron chi connectivity index (χ3n) is 8.19. The van der Waals surface area contributed by atoms with Gasteiger partial charge in [-0.15, -0.1) is 11.8 Å². The van der Waals surface area contributed by atoms with E-state index in [0.717, 1.165) is 6.42 Å². The number of aliphatic hydroxyl groups excluding tert-OH is 1. The van der Waals surface area contributed by atoms with Gasteiger partial charge >= 0.3 is 0 Å². The molecule has 0 aliphatic carbocycles. The van der Waals surface area contributed by atoms with E-state index in [1.165, 1.54) is 0 Å². The predicted octanol–water partition coefficient (Wildman–Crippen LogP) is 2.47. The zero-order chi connectivity index (χ0) is 26.5. The molecule has 0 bridgehead atoms. The van der Waals surface area contributed by atoms with Crippen molar-refractivity contribution in [1.29, 1.82) is 0 Å². The van der Waals surface area contributed by atoms with Crippen LogP contribution in [-0.4, -0.2) is 87.6 Å². The zero-order valence-electron chi connectivity index (χ0n) is 21.8. The van der Waals surface area contributed by atoms with Gasteiger partial charge in [0, 0.05) is 30.1 Å². The first-order valence-electron chi connectivity index (χ1n) is 12.9. The SMILES string of the molecule is CCCN1CC=C[C@]2(C)S[C@]34C=CCN(c5ccc(OC)cc5)C(=O)C3N([C@H](C)CO)C(=O)[C@@H]4[C@@H]2C1=O. The molecule has 6 atom stereocenters. The van der Waals surface area contributed by atoms with Crippen LogP contribution in [0.15, 0.2) is 48.6 Å². The summed E-state index contributed by atoms with van der Waals surface area (Å²) in [6.07, 6.45) is 8.87. The fourth-order valence-electron chi connectivity index (χ4n) is 6.54. The molecule has 8 nitrogen and oxygen atoms in total. The molecule has 1 aromatic rings. The van der Waals surface area contributed by atoms with Gasteiger partial charge in [0.25, 0.3) is 5.91 Å². The molecule has 4 heterocycles. The molecule has 3 amide bonds. The van der Waals surface area contributed by atoms with Crippen molar-refractivity contribution in [1.82, 2.24) is 9.80 Å². The van der Waals surface area contributed by atoms with Crippen molar-refractivity contribution in [3.05, 3.63) is 48.6 Å². The summed E-state index contributed by atoms with van der Waals surface area (Å²) >= 11 is 1.56. The number of aliphatic hydroxyl groups is 1. The van der Waals surface area contributed by atoms with Crippen molar-refractivity contribution in [2.24, 2.45) is 11.8 Å². The number of ether oxygens (including phenoxy) is 1. The monoisotopic (exact) mass is 525 g/mol. The van der Waals surface area contributed by atoms with Crippen molar-refractivity contribution in [3.8, 4) is 5.75 Å². The number of anilines is 1. The second kappa shape index (κ2) is 9.51. The largest absolute Gasteiger partial charge is 0.497 e. The Kier molecular flexibility index (Phi) is 6.64. The maximum absolute atomic E-state index is 14.4. The maximum atomic E-state index is 14.4. The standard InChI is InChI=1S/C28H35N3O5S/c1-5-14-29-15-6-12-27(3)21(24(29)33)22-25(34)31(18(2)17-32)23-26(35)30(16-7-13-28(22,23)37-27)19-8-10-20(36-4)11-9-19/h6-13,18,21-23,32H,5,14-17H2,1-4H3/t18-,21-,22+,23?,27+,28+/m1/s1. The van der Waals surface area contributed by atoms with Crippen molar-refractivity contribution in [3.63, 3.8) is 0 Å². The van der Waals surface area contributed by atoms with E-state index in [1.807, 2.05) is 49.1 Å². The minimum Gasteiger partial charge on any atom is -0.497 e. The molecular formula is C28H35N3O5S. The van der Waals surface area contributed by atoms with E-state index in [0.29, 0.717) is 31.1 Å². The number of hydrogen-bond acceptors (Lipinski definition) is 6. The van der Waals surface area contributed by atoms with Gasteiger partial charge in [-0.1, -0.05) is 31.2 Å². The number of benzene rings is 1. The molecule has 2 saturated heterocycles. The van der Waals surface area contributed by atoms with Crippen LogP contribution >= 0.6 is 11.8 Å². The quantitative estimate of drug-likeness (QED) is 0.574. The molecule has 5 rings (SSSR count). The normalized spacial score (nSPS) is 33.7. The van der Waals surface area contributed by atoms with Gasteiger partial charge in [-0.25, -0.2) is 0 Å². The summed E-state index contributed by atoms with van der Waals surface area (Å²) in [5.41, 5.74) is 0.702. The average molecular weight is 526 g/mol. The van der Waals surface area contributed by atoms with Gasteiger partial charge in [0.2, 0.25) is 11.8 Å². The summed E-state index contributed by atoms with van der Waals surface area (Å²) in [7, 11) is 1.59. The molecule has 1 aromatic carbocycles. The summed E-state index contributed by atoms with van der Waals surface area (Å²) in [5, 5.41) is 10.1. The average Bonchev–Trinajstić information content (AvgIpc) is 3.17. The lowest BCUT2D eigenvalue weighted by Gasteiger charge is -2.38. The number of carbonyl (C=O) groups excluding carboxylic acids is 3.